The summed E-state index contributed by atoms with van der Waals surface area (Å²) in [6, 6.07) is 9.53. The Labute approximate surface area is 159 Å². The number of benzene rings is 1. The lowest BCUT2D eigenvalue weighted by molar-refractivity contribution is -0.124. The Morgan fingerprint density at radius 1 is 1.22 bits per heavy atom. The van der Waals surface area contributed by atoms with Crippen LogP contribution in [0.3, 0.4) is 0 Å². The van der Waals surface area contributed by atoms with Crippen LogP contribution >= 0.6 is 0 Å². The third-order valence-corrected chi connectivity index (χ3v) is 5.03. The first-order chi connectivity index (χ1) is 12.9. The van der Waals surface area contributed by atoms with Crippen LogP contribution in [0, 0.1) is 19.8 Å². The Kier molecular flexibility index (Phi) is 5.54. The molecule has 0 unspecified atom stereocenters. The van der Waals surface area contributed by atoms with Gasteiger partial charge in [0.2, 0.25) is 0 Å². The zero-order valence-corrected chi connectivity index (χ0v) is 16.2. The first-order valence-corrected chi connectivity index (χ1v) is 9.20. The summed E-state index contributed by atoms with van der Waals surface area (Å²) in [7, 11) is 1.62. The average Bonchev–Trinajstić information content (AvgIpc) is 3.46. The molecule has 0 spiro atoms. The van der Waals surface area contributed by atoms with E-state index < -0.39 is 5.97 Å². The van der Waals surface area contributed by atoms with Gasteiger partial charge in [-0.05, 0) is 69.9 Å². The van der Waals surface area contributed by atoms with E-state index in [1.807, 2.05) is 49.6 Å². The Morgan fingerprint density at radius 3 is 2.48 bits per heavy atom. The van der Waals surface area contributed by atoms with Gasteiger partial charge in [0, 0.05) is 23.1 Å². The van der Waals surface area contributed by atoms with Gasteiger partial charge in [-0.15, -0.1) is 0 Å². The fraction of sp³-hybridized carbons (Fsp3) is 0.429. The molecule has 144 valence electrons. The highest BCUT2D eigenvalue weighted by atomic mass is 16.5. The molecule has 1 amide bonds. The van der Waals surface area contributed by atoms with E-state index >= 15 is 0 Å². The van der Waals surface area contributed by atoms with E-state index in [0.29, 0.717) is 11.5 Å². The molecule has 1 aromatic heterocycles. The largest absolute Gasteiger partial charge is 0.497 e. The number of carbonyl (C=O) groups excluding carboxylic acids is 2. The molecule has 3 rings (SSSR count). The van der Waals surface area contributed by atoms with Crippen molar-refractivity contribution in [1.82, 2.24) is 9.88 Å². The number of aromatic nitrogens is 1. The summed E-state index contributed by atoms with van der Waals surface area (Å²) in [5.74, 6) is 0.587. The minimum atomic E-state index is -0.489. The molecule has 27 heavy (non-hydrogen) atoms. The highest BCUT2D eigenvalue weighted by molar-refractivity contribution is 5.93. The van der Waals surface area contributed by atoms with Crippen molar-refractivity contribution >= 4 is 11.9 Å². The molecule has 0 aliphatic heterocycles. The lowest BCUT2D eigenvalue weighted by Gasteiger charge is -2.13. The van der Waals surface area contributed by atoms with Crippen molar-refractivity contribution in [3.05, 3.63) is 47.3 Å². The van der Waals surface area contributed by atoms with Gasteiger partial charge in [0.05, 0.1) is 12.7 Å². The van der Waals surface area contributed by atoms with E-state index in [2.05, 4.69) is 5.32 Å². The first-order valence-electron chi connectivity index (χ1n) is 9.20. The van der Waals surface area contributed by atoms with Gasteiger partial charge in [-0.25, -0.2) is 4.79 Å². The predicted octanol–water partition coefficient (Wildman–Crippen LogP) is 3.17. The van der Waals surface area contributed by atoms with Crippen molar-refractivity contribution in [3.8, 4) is 11.4 Å². The van der Waals surface area contributed by atoms with Crippen LogP contribution < -0.4 is 10.1 Å². The van der Waals surface area contributed by atoms with Gasteiger partial charge in [-0.1, -0.05) is 0 Å². The van der Waals surface area contributed by atoms with E-state index in [4.69, 9.17) is 9.47 Å². The van der Waals surface area contributed by atoms with Crippen LogP contribution in [-0.4, -0.2) is 36.2 Å². The molecule has 1 saturated carbocycles. The summed E-state index contributed by atoms with van der Waals surface area (Å²) in [6.07, 6.45) is 2.30. The van der Waals surface area contributed by atoms with Crippen molar-refractivity contribution in [1.29, 1.82) is 0 Å². The fourth-order valence-corrected chi connectivity index (χ4v) is 3.32. The second-order valence-corrected chi connectivity index (χ2v) is 7.09. The zero-order chi connectivity index (χ0) is 19.6. The van der Waals surface area contributed by atoms with Gasteiger partial charge in [-0.3, -0.25) is 4.79 Å². The van der Waals surface area contributed by atoms with Crippen LogP contribution in [-0.2, 0) is 9.53 Å². The lowest BCUT2D eigenvalue weighted by atomic mass is 10.2. The number of aryl methyl sites for hydroxylation is 1. The Balaban J connectivity index is 1.67. The van der Waals surface area contributed by atoms with E-state index in [1.165, 1.54) is 0 Å². The molecule has 1 aliphatic rings. The maximum atomic E-state index is 12.5. The standard InChI is InChI=1S/C21H26N2O4/c1-13-11-19(15(3)23(13)17-7-9-18(26-4)10-8-17)21(25)27-12-20(24)22-14(2)16-5-6-16/h7-11,14,16H,5-6,12H2,1-4H3,(H,22,24)/t14-/m1/s1. The molecule has 0 saturated heterocycles. The van der Waals surface area contributed by atoms with E-state index in [1.54, 1.807) is 13.2 Å². The number of hydrogen-bond donors (Lipinski definition) is 1. The average molecular weight is 370 g/mol. The number of ether oxygens (including phenoxy) is 2. The second-order valence-electron chi connectivity index (χ2n) is 7.09. The first kappa shape index (κ1) is 19.0. The molecule has 1 aromatic carbocycles. The smallest absolute Gasteiger partial charge is 0.340 e. The number of amides is 1. The van der Waals surface area contributed by atoms with Crippen LogP contribution in [0.5, 0.6) is 5.75 Å². The molecule has 0 radical (unpaired) electrons. The normalized spacial score (nSPS) is 14.5. The molecule has 1 atom stereocenters. The predicted molar refractivity (Wildman–Crippen MR) is 102 cm³/mol. The monoisotopic (exact) mass is 370 g/mol. The van der Waals surface area contributed by atoms with E-state index in [-0.39, 0.29) is 18.6 Å². The van der Waals surface area contributed by atoms with Crippen LogP contribution in [0.2, 0.25) is 0 Å². The molecule has 1 heterocycles. The molecule has 1 fully saturated rings. The van der Waals surface area contributed by atoms with Crippen LogP contribution in [0.15, 0.2) is 30.3 Å². The van der Waals surface area contributed by atoms with Gasteiger partial charge in [-0.2, -0.15) is 0 Å². The number of carbonyl (C=O) groups is 2. The third-order valence-electron chi connectivity index (χ3n) is 5.03. The summed E-state index contributed by atoms with van der Waals surface area (Å²) in [5, 5.41) is 2.88. The Hall–Kier alpha value is -2.76. The lowest BCUT2D eigenvalue weighted by Crippen LogP contribution is -2.37. The topological polar surface area (TPSA) is 69.6 Å². The molecule has 0 bridgehead atoms. The number of nitrogens with zero attached hydrogens (tertiary/aromatic N) is 1. The quantitative estimate of drug-likeness (QED) is 0.760. The fourth-order valence-electron chi connectivity index (χ4n) is 3.32. The summed E-state index contributed by atoms with van der Waals surface area (Å²) >= 11 is 0. The highest BCUT2D eigenvalue weighted by Gasteiger charge is 2.29. The molecular weight excluding hydrogens is 344 g/mol. The molecular formula is C21H26N2O4. The van der Waals surface area contributed by atoms with Gasteiger partial charge in [0.25, 0.3) is 5.91 Å². The molecule has 2 aromatic rings. The maximum absolute atomic E-state index is 12.5. The second kappa shape index (κ2) is 7.86. The molecule has 1 N–H and O–H groups in total. The van der Waals surface area contributed by atoms with Crippen LogP contribution in [0.25, 0.3) is 5.69 Å². The SMILES string of the molecule is COc1ccc(-n2c(C)cc(C(=O)OCC(=O)N[C@H](C)C3CC3)c2C)cc1. The number of esters is 1. The van der Waals surface area contributed by atoms with Crippen molar-refractivity contribution in [2.45, 2.75) is 39.7 Å². The number of hydrogen-bond acceptors (Lipinski definition) is 4. The van der Waals surface area contributed by atoms with Crippen molar-refractivity contribution in [3.63, 3.8) is 0 Å². The van der Waals surface area contributed by atoms with Gasteiger partial charge < -0.3 is 19.4 Å². The van der Waals surface area contributed by atoms with Crippen molar-refractivity contribution < 1.29 is 19.1 Å². The zero-order valence-electron chi connectivity index (χ0n) is 16.2. The van der Waals surface area contributed by atoms with E-state index in [0.717, 1.165) is 35.7 Å². The van der Waals surface area contributed by atoms with Gasteiger partial charge in [0.1, 0.15) is 5.75 Å². The summed E-state index contributed by atoms with van der Waals surface area (Å²) < 4.78 is 12.4. The summed E-state index contributed by atoms with van der Waals surface area (Å²) in [6.45, 7) is 5.52. The van der Waals surface area contributed by atoms with E-state index in [9.17, 15) is 9.59 Å². The molecule has 6 heteroatoms. The molecule has 1 aliphatic carbocycles. The van der Waals surface area contributed by atoms with Gasteiger partial charge >= 0.3 is 5.97 Å². The van der Waals surface area contributed by atoms with Crippen LogP contribution in [0.1, 0.15) is 41.5 Å². The Bertz CT molecular complexity index is 835. The maximum Gasteiger partial charge on any atom is 0.340 e. The number of nitrogens with one attached hydrogen (secondary N) is 1. The molecule has 6 nitrogen and oxygen atoms in total. The third kappa shape index (κ3) is 4.32. The summed E-state index contributed by atoms with van der Waals surface area (Å²) in [5.41, 5.74) is 3.08. The number of rotatable bonds is 7. The minimum Gasteiger partial charge on any atom is -0.497 e. The minimum absolute atomic E-state index is 0.135. The van der Waals surface area contributed by atoms with Crippen molar-refractivity contribution in [2.75, 3.05) is 13.7 Å². The van der Waals surface area contributed by atoms with Crippen molar-refractivity contribution in [2.24, 2.45) is 5.92 Å². The summed E-state index contributed by atoms with van der Waals surface area (Å²) in [4.78, 5) is 24.4. The highest BCUT2D eigenvalue weighted by Crippen LogP contribution is 2.32. The Morgan fingerprint density at radius 2 is 1.89 bits per heavy atom. The number of methoxy groups -OCH3 is 1. The van der Waals surface area contributed by atoms with Gasteiger partial charge in [0.15, 0.2) is 6.61 Å². The van der Waals surface area contributed by atoms with Crippen LogP contribution in [0.4, 0.5) is 0 Å².